The van der Waals surface area contributed by atoms with Crippen molar-refractivity contribution in [3.05, 3.63) is 59.7 Å². The Morgan fingerprint density at radius 1 is 1.24 bits per heavy atom. The summed E-state index contributed by atoms with van der Waals surface area (Å²) in [6.45, 7) is 1.70. The molecule has 0 bridgehead atoms. The molecule has 0 radical (unpaired) electrons. The fraction of sp³-hybridized carbons (Fsp3) is 0.316. The summed E-state index contributed by atoms with van der Waals surface area (Å²) in [4.78, 5) is 4.48. The number of nitrogens with zero attached hydrogens (tertiary/aromatic N) is 1. The highest BCUT2D eigenvalue weighted by Crippen LogP contribution is 2.28. The Morgan fingerprint density at radius 3 is 2.88 bits per heavy atom. The predicted molar refractivity (Wildman–Crippen MR) is 106 cm³/mol. The van der Waals surface area contributed by atoms with Gasteiger partial charge >= 0.3 is 0 Å². The lowest BCUT2D eigenvalue weighted by molar-refractivity contribution is 0.403. The monoisotopic (exact) mass is 356 g/mol. The second-order valence-electron chi connectivity index (χ2n) is 5.81. The van der Waals surface area contributed by atoms with Crippen LogP contribution in [0.3, 0.4) is 0 Å². The molecule has 132 valence electrons. The number of ether oxygens (including phenoxy) is 1. The van der Waals surface area contributed by atoms with Crippen molar-refractivity contribution in [3.63, 3.8) is 0 Å². The van der Waals surface area contributed by atoms with Crippen LogP contribution >= 0.6 is 11.9 Å². The third kappa shape index (κ3) is 4.60. The highest BCUT2D eigenvalue weighted by molar-refractivity contribution is 7.99. The number of hydrogen-bond donors (Lipinski definition) is 3. The summed E-state index contributed by atoms with van der Waals surface area (Å²) in [6.07, 6.45) is 2.86. The smallest absolute Gasteiger partial charge is 0.191 e. The Labute approximate surface area is 153 Å². The standard InChI is InChI=1S/C19H24N4OS/c1-24-18-9-4-3-8-16(18)17(22-19-20-10-11-21-19)13-14-6-5-7-15(12-14)23-25-2/h3-9,12,17,23H,10-11,13H2,1-2H3,(H2,20,21,22). The lowest BCUT2D eigenvalue weighted by Gasteiger charge is -2.22. The molecular weight excluding hydrogens is 332 g/mol. The zero-order chi connectivity index (χ0) is 17.5. The third-order valence-electron chi connectivity index (χ3n) is 4.09. The first kappa shape index (κ1) is 17.5. The van der Waals surface area contributed by atoms with E-state index in [1.807, 2.05) is 24.5 Å². The average molecular weight is 356 g/mol. The van der Waals surface area contributed by atoms with Crippen LogP contribution in [0, 0.1) is 0 Å². The van der Waals surface area contributed by atoms with Crippen LogP contribution in [-0.2, 0) is 6.42 Å². The molecule has 3 N–H and O–H groups in total. The summed E-state index contributed by atoms with van der Waals surface area (Å²) >= 11 is 1.60. The van der Waals surface area contributed by atoms with Gasteiger partial charge in [-0.05, 0) is 30.2 Å². The van der Waals surface area contributed by atoms with Gasteiger partial charge in [0.1, 0.15) is 5.75 Å². The van der Waals surface area contributed by atoms with Crippen LogP contribution in [0.5, 0.6) is 5.75 Å². The van der Waals surface area contributed by atoms with Crippen LogP contribution in [0.4, 0.5) is 5.69 Å². The lowest BCUT2D eigenvalue weighted by atomic mass is 9.97. The van der Waals surface area contributed by atoms with Gasteiger partial charge in [-0.3, -0.25) is 4.99 Å². The molecule has 2 aromatic rings. The normalized spacial score (nSPS) is 14.4. The topological polar surface area (TPSA) is 57.7 Å². The second kappa shape index (κ2) is 8.67. The summed E-state index contributed by atoms with van der Waals surface area (Å²) in [5, 5.41) is 6.83. The minimum absolute atomic E-state index is 0.0741. The summed E-state index contributed by atoms with van der Waals surface area (Å²) in [5.41, 5.74) is 3.49. The van der Waals surface area contributed by atoms with Crippen molar-refractivity contribution in [2.24, 2.45) is 4.99 Å². The van der Waals surface area contributed by atoms with E-state index in [0.29, 0.717) is 0 Å². The molecule has 1 unspecified atom stereocenters. The highest BCUT2D eigenvalue weighted by atomic mass is 32.2. The average Bonchev–Trinajstić information content (AvgIpc) is 3.15. The van der Waals surface area contributed by atoms with Crippen molar-refractivity contribution in [2.45, 2.75) is 12.5 Å². The first-order chi connectivity index (χ1) is 12.3. The number of methoxy groups -OCH3 is 1. The van der Waals surface area contributed by atoms with E-state index in [4.69, 9.17) is 4.74 Å². The van der Waals surface area contributed by atoms with Gasteiger partial charge < -0.3 is 20.1 Å². The molecule has 5 nitrogen and oxygen atoms in total. The van der Waals surface area contributed by atoms with Gasteiger partial charge in [-0.15, -0.1) is 0 Å². The summed E-state index contributed by atoms with van der Waals surface area (Å²) < 4.78 is 8.87. The molecule has 0 spiro atoms. The van der Waals surface area contributed by atoms with E-state index in [2.05, 4.69) is 50.7 Å². The zero-order valence-corrected chi connectivity index (χ0v) is 15.4. The summed E-state index contributed by atoms with van der Waals surface area (Å²) in [7, 11) is 1.71. The fourth-order valence-electron chi connectivity index (χ4n) is 2.97. The molecule has 0 saturated carbocycles. The van der Waals surface area contributed by atoms with E-state index < -0.39 is 0 Å². The molecule has 1 atom stereocenters. The van der Waals surface area contributed by atoms with Crippen molar-refractivity contribution in [2.75, 3.05) is 31.2 Å². The molecule has 6 heteroatoms. The van der Waals surface area contributed by atoms with Crippen molar-refractivity contribution in [1.29, 1.82) is 0 Å². The zero-order valence-electron chi connectivity index (χ0n) is 14.6. The molecule has 3 rings (SSSR count). The molecule has 0 amide bonds. The van der Waals surface area contributed by atoms with E-state index in [9.17, 15) is 0 Å². The quantitative estimate of drug-likeness (QED) is 0.665. The first-order valence-electron chi connectivity index (χ1n) is 8.36. The number of nitrogens with one attached hydrogen (secondary N) is 3. The Bertz CT molecular complexity index is 735. The van der Waals surface area contributed by atoms with E-state index in [-0.39, 0.29) is 6.04 Å². The molecular formula is C19H24N4OS. The minimum Gasteiger partial charge on any atom is -0.496 e. The Kier molecular flexibility index (Phi) is 6.06. The number of aliphatic imine (C=N–C) groups is 1. The number of benzene rings is 2. The molecule has 1 aliphatic heterocycles. The van der Waals surface area contributed by atoms with Crippen molar-refractivity contribution in [3.8, 4) is 5.75 Å². The van der Waals surface area contributed by atoms with Gasteiger partial charge in [0.05, 0.1) is 19.7 Å². The van der Waals surface area contributed by atoms with Gasteiger partial charge in [-0.25, -0.2) is 0 Å². The number of rotatable bonds is 7. The largest absolute Gasteiger partial charge is 0.496 e. The maximum absolute atomic E-state index is 5.57. The molecule has 25 heavy (non-hydrogen) atoms. The van der Waals surface area contributed by atoms with Crippen molar-refractivity contribution in [1.82, 2.24) is 10.6 Å². The second-order valence-corrected chi connectivity index (χ2v) is 6.42. The first-order valence-corrected chi connectivity index (χ1v) is 9.58. The maximum atomic E-state index is 5.57. The van der Waals surface area contributed by atoms with Crippen LogP contribution in [0.1, 0.15) is 17.2 Å². The molecule has 2 aromatic carbocycles. The maximum Gasteiger partial charge on any atom is 0.191 e. The number of guanidine groups is 1. The SMILES string of the molecule is COc1ccccc1C(Cc1cccc(NSC)c1)NC1=NCCN1. The van der Waals surface area contributed by atoms with E-state index >= 15 is 0 Å². The number of hydrogen-bond acceptors (Lipinski definition) is 6. The summed E-state index contributed by atoms with van der Waals surface area (Å²) in [5.74, 6) is 1.74. The number of para-hydroxylation sites is 1. The highest BCUT2D eigenvalue weighted by Gasteiger charge is 2.19. The van der Waals surface area contributed by atoms with Gasteiger partial charge in [-0.1, -0.05) is 42.3 Å². The Hall–Kier alpha value is -2.34. The van der Waals surface area contributed by atoms with Crippen molar-refractivity contribution >= 4 is 23.6 Å². The Balaban J connectivity index is 1.86. The molecule has 0 saturated heterocycles. The molecule has 0 aliphatic carbocycles. The van der Waals surface area contributed by atoms with Crippen LogP contribution < -0.4 is 20.1 Å². The molecule has 0 fully saturated rings. The molecule has 1 aliphatic rings. The van der Waals surface area contributed by atoms with Gasteiger partial charge in [0.2, 0.25) is 0 Å². The third-order valence-corrected chi connectivity index (χ3v) is 4.53. The number of anilines is 1. The Morgan fingerprint density at radius 2 is 2.12 bits per heavy atom. The van der Waals surface area contributed by atoms with Crippen molar-refractivity contribution < 1.29 is 4.74 Å². The lowest BCUT2D eigenvalue weighted by Crippen LogP contribution is -2.37. The van der Waals surface area contributed by atoms with E-state index in [1.54, 1.807) is 19.1 Å². The van der Waals surface area contributed by atoms with E-state index in [0.717, 1.165) is 42.5 Å². The van der Waals surface area contributed by atoms with Gasteiger partial charge in [0.15, 0.2) is 5.96 Å². The minimum atomic E-state index is 0.0741. The van der Waals surface area contributed by atoms with Crippen LogP contribution in [0.25, 0.3) is 0 Å². The predicted octanol–water partition coefficient (Wildman–Crippen LogP) is 3.22. The van der Waals surface area contributed by atoms with Crippen LogP contribution in [0.15, 0.2) is 53.5 Å². The van der Waals surface area contributed by atoms with Gasteiger partial charge in [-0.2, -0.15) is 0 Å². The van der Waals surface area contributed by atoms with Crippen LogP contribution in [-0.4, -0.2) is 32.4 Å². The fourth-order valence-corrected chi connectivity index (χ4v) is 3.33. The van der Waals surface area contributed by atoms with E-state index in [1.165, 1.54) is 5.56 Å². The van der Waals surface area contributed by atoms with Gasteiger partial charge in [0.25, 0.3) is 0 Å². The molecule has 1 heterocycles. The van der Waals surface area contributed by atoms with Crippen LogP contribution in [0.2, 0.25) is 0 Å². The summed E-state index contributed by atoms with van der Waals surface area (Å²) in [6, 6.07) is 16.7. The van der Waals surface area contributed by atoms with Gasteiger partial charge in [0, 0.05) is 24.1 Å². The molecule has 0 aromatic heterocycles.